The van der Waals surface area contributed by atoms with Crippen molar-refractivity contribution in [1.29, 1.82) is 0 Å². The van der Waals surface area contributed by atoms with Crippen molar-refractivity contribution in [2.24, 2.45) is 0 Å². The van der Waals surface area contributed by atoms with Gasteiger partial charge in [0.2, 0.25) is 0 Å². The van der Waals surface area contributed by atoms with Gasteiger partial charge in [-0.3, -0.25) is 9.10 Å². The van der Waals surface area contributed by atoms with E-state index < -0.39 is 15.9 Å². The predicted molar refractivity (Wildman–Crippen MR) is 122 cm³/mol. The first-order chi connectivity index (χ1) is 14.8. The number of sulfonamides is 1. The average Bonchev–Trinajstić information content (AvgIpc) is 3.19. The van der Waals surface area contributed by atoms with Crippen LogP contribution < -0.4 is 14.4 Å². The van der Waals surface area contributed by atoms with Gasteiger partial charge in [0.25, 0.3) is 15.9 Å². The number of rotatable bonds is 5. The van der Waals surface area contributed by atoms with E-state index in [1.807, 2.05) is 12.1 Å². The number of methoxy groups -OCH3 is 1. The number of anilines is 2. The fourth-order valence-electron chi connectivity index (χ4n) is 3.47. The first kappa shape index (κ1) is 21.5. The van der Waals surface area contributed by atoms with E-state index in [0.717, 1.165) is 5.56 Å². The number of nitrogens with one attached hydrogen (secondary N) is 1. The van der Waals surface area contributed by atoms with E-state index >= 15 is 0 Å². The van der Waals surface area contributed by atoms with Crippen LogP contribution in [0.2, 0.25) is 10.0 Å². The van der Waals surface area contributed by atoms with Gasteiger partial charge in [0.15, 0.2) is 0 Å². The number of ether oxygens (including phenoxy) is 1. The van der Waals surface area contributed by atoms with E-state index in [1.54, 1.807) is 30.3 Å². The van der Waals surface area contributed by atoms with Crippen molar-refractivity contribution in [3.05, 3.63) is 81.8 Å². The Balaban J connectivity index is 1.64. The second kappa shape index (κ2) is 8.42. The van der Waals surface area contributed by atoms with Gasteiger partial charge in [-0.15, -0.1) is 0 Å². The Morgan fingerprint density at radius 1 is 1.03 bits per heavy atom. The molecular formula is C22H18Cl2N2O4S. The molecule has 0 atom stereocenters. The number of carbonyl (C=O) groups is 1. The number of amides is 1. The van der Waals surface area contributed by atoms with Gasteiger partial charge in [-0.25, -0.2) is 8.42 Å². The highest BCUT2D eigenvalue weighted by Gasteiger charge is 2.32. The molecule has 0 aromatic heterocycles. The molecule has 1 aliphatic heterocycles. The van der Waals surface area contributed by atoms with Crippen molar-refractivity contribution < 1.29 is 17.9 Å². The Kier molecular flexibility index (Phi) is 5.83. The number of hydrogen-bond acceptors (Lipinski definition) is 4. The number of halogens is 2. The molecule has 0 unspecified atom stereocenters. The minimum Gasteiger partial charge on any atom is -0.495 e. The summed E-state index contributed by atoms with van der Waals surface area (Å²) >= 11 is 12.3. The summed E-state index contributed by atoms with van der Waals surface area (Å²) in [4.78, 5) is 12.6. The molecular weight excluding hydrogens is 459 g/mol. The summed E-state index contributed by atoms with van der Waals surface area (Å²) in [6.45, 7) is 0.318. The van der Waals surface area contributed by atoms with E-state index in [4.69, 9.17) is 27.9 Å². The van der Waals surface area contributed by atoms with Gasteiger partial charge < -0.3 is 10.1 Å². The molecule has 0 saturated carbocycles. The monoisotopic (exact) mass is 476 g/mol. The minimum absolute atomic E-state index is 0.0495. The Labute approximate surface area is 190 Å². The summed E-state index contributed by atoms with van der Waals surface area (Å²) < 4.78 is 33.1. The van der Waals surface area contributed by atoms with Gasteiger partial charge in [-0.05, 0) is 54.4 Å². The van der Waals surface area contributed by atoms with Crippen molar-refractivity contribution in [2.45, 2.75) is 11.3 Å². The van der Waals surface area contributed by atoms with Gasteiger partial charge in [0, 0.05) is 17.8 Å². The molecule has 0 spiro atoms. The molecule has 1 N–H and O–H groups in total. The van der Waals surface area contributed by atoms with E-state index in [-0.39, 0.29) is 15.5 Å². The Hall–Kier alpha value is -2.74. The normalized spacial score (nSPS) is 13.1. The van der Waals surface area contributed by atoms with Crippen LogP contribution in [0.1, 0.15) is 15.9 Å². The maximum absolute atomic E-state index is 13.3. The molecule has 3 aromatic rings. The third-order valence-electron chi connectivity index (χ3n) is 5.02. The lowest BCUT2D eigenvalue weighted by Gasteiger charge is -2.20. The molecule has 3 aromatic carbocycles. The van der Waals surface area contributed by atoms with Crippen LogP contribution in [0.15, 0.2) is 65.6 Å². The summed E-state index contributed by atoms with van der Waals surface area (Å²) in [5, 5.41) is 3.09. The first-order valence-electron chi connectivity index (χ1n) is 9.36. The minimum atomic E-state index is -3.94. The largest absolute Gasteiger partial charge is 0.495 e. The molecule has 1 aliphatic rings. The Morgan fingerprint density at radius 2 is 1.81 bits per heavy atom. The van der Waals surface area contributed by atoms with Crippen LogP contribution in [0.3, 0.4) is 0 Å². The van der Waals surface area contributed by atoms with E-state index in [0.29, 0.717) is 35.1 Å². The standard InChI is InChI=1S/C22H18Cl2N2O4S/c1-30-20-9-7-16(13-18(20)24)25-22(27)15-6-8-17(23)21(12-15)31(28,29)26-11-10-14-4-2-3-5-19(14)26/h2-9,12-13H,10-11H2,1H3,(H,25,27). The zero-order valence-electron chi connectivity index (χ0n) is 16.4. The molecule has 160 valence electrons. The van der Waals surface area contributed by atoms with Gasteiger partial charge in [0.05, 0.1) is 22.8 Å². The van der Waals surface area contributed by atoms with Gasteiger partial charge in [-0.2, -0.15) is 0 Å². The summed E-state index contributed by atoms with van der Waals surface area (Å²) in [7, 11) is -2.45. The fraction of sp³-hybridized carbons (Fsp3) is 0.136. The highest BCUT2D eigenvalue weighted by molar-refractivity contribution is 7.93. The van der Waals surface area contributed by atoms with Crippen LogP contribution >= 0.6 is 23.2 Å². The maximum atomic E-state index is 13.3. The molecule has 1 amide bonds. The van der Waals surface area contributed by atoms with Crippen LogP contribution in [0, 0.1) is 0 Å². The SMILES string of the molecule is COc1ccc(NC(=O)c2ccc(Cl)c(S(=O)(=O)N3CCc4ccccc43)c2)cc1Cl. The number of benzene rings is 3. The van der Waals surface area contributed by atoms with Crippen molar-refractivity contribution in [2.75, 3.05) is 23.3 Å². The summed E-state index contributed by atoms with van der Waals surface area (Å²) in [6, 6.07) is 16.3. The lowest BCUT2D eigenvalue weighted by Crippen LogP contribution is -2.29. The number of fused-ring (bicyclic) bond motifs is 1. The predicted octanol–water partition coefficient (Wildman–Crippen LogP) is 5.01. The van der Waals surface area contributed by atoms with Crippen molar-refractivity contribution in [3.8, 4) is 5.75 Å². The molecule has 0 bridgehead atoms. The summed E-state index contributed by atoms with van der Waals surface area (Å²) in [6.07, 6.45) is 0.616. The number of para-hydroxylation sites is 1. The van der Waals surface area contributed by atoms with Crippen LogP contribution in [0.25, 0.3) is 0 Å². The van der Waals surface area contributed by atoms with Crippen LogP contribution in [0.4, 0.5) is 11.4 Å². The zero-order chi connectivity index (χ0) is 22.2. The average molecular weight is 477 g/mol. The molecule has 4 rings (SSSR count). The van der Waals surface area contributed by atoms with Crippen molar-refractivity contribution >= 4 is 50.5 Å². The second-order valence-corrected chi connectivity index (χ2v) is 9.55. The van der Waals surface area contributed by atoms with Crippen LogP contribution in [-0.4, -0.2) is 28.0 Å². The number of carbonyl (C=O) groups excluding carboxylic acids is 1. The van der Waals surface area contributed by atoms with Crippen LogP contribution in [0.5, 0.6) is 5.75 Å². The van der Waals surface area contributed by atoms with E-state index in [1.165, 1.54) is 29.6 Å². The first-order valence-corrected chi connectivity index (χ1v) is 11.6. The Bertz CT molecular complexity index is 1280. The number of nitrogens with zero attached hydrogens (tertiary/aromatic N) is 1. The van der Waals surface area contributed by atoms with Gasteiger partial charge in [0.1, 0.15) is 10.6 Å². The Morgan fingerprint density at radius 3 is 2.55 bits per heavy atom. The number of hydrogen-bond donors (Lipinski definition) is 1. The third-order valence-corrected chi connectivity index (χ3v) is 7.61. The lowest BCUT2D eigenvalue weighted by atomic mass is 10.2. The third kappa shape index (κ3) is 4.08. The maximum Gasteiger partial charge on any atom is 0.265 e. The highest BCUT2D eigenvalue weighted by atomic mass is 35.5. The van der Waals surface area contributed by atoms with E-state index in [9.17, 15) is 13.2 Å². The molecule has 0 radical (unpaired) electrons. The molecule has 31 heavy (non-hydrogen) atoms. The smallest absolute Gasteiger partial charge is 0.265 e. The molecule has 1 heterocycles. The molecule has 0 fully saturated rings. The highest BCUT2D eigenvalue weighted by Crippen LogP contribution is 2.35. The van der Waals surface area contributed by atoms with Gasteiger partial charge >= 0.3 is 0 Å². The molecule has 6 nitrogen and oxygen atoms in total. The quantitative estimate of drug-likeness (QED) is 0.561. The fourth-order valence-corrected chi connectivity index (χ4v) is 5.73. The molecule has 9 heteroatoms. The topological polar surface area (TPSA) is 75.7 Å². The van der Waals surface area contributed by atoms with E-state index in [2.05, 4.69) is 5.32 Å². The van der Waals surface area contributed by atoms with Crippen molar-refractivity contribution in [1.82, 2.24) is 0 Å². The van der Waals surface area contributed by atoms with Gasteiger partial charge in [-0.1, -0.05) is 41.4 Å². The zero-order valence-corrected chi connectivity index (χ0v) is 18.8. The lowest BCUT2D eigenvalue weighted by molar-refractivity contribution is 0.102. The van der Waals surface area contributed by atoms with Crippen LogP contribution in [-0.2, 0) is 16.4 Å². The molecule has 0 saturated heterocycles. The molecule has 0 aliphatic carbocycles. The summed E-state index contributed by atoms with van der Waals surface area (Å²) in [5.41, 5.74) is 2.18. The summed E-state index contributed by atoms with van der Waals surface area (Å²) in [5.74, 6) is -0.0124. The second-order valence-electron chi connectivity index (χ2n) is 6.90. The van der Waals surface area contributed by atoms with Crippen molar-refractivity contribution in [3.63, 3.8) is 0 Å².